The first kappa shape index (κ1) is 24.7. The molecule has 0 aliphatic carbocycles. The molecule has 5 rings (SSSR count). The Hall–Kier alpha value is -3.95. The number of imide groups is 1. The van der Waals surface area contributed by atoms with E-state index < -0.39 is 27.1 Å². The molecule has 0 spiro atoms. The van der Waals surface area contributed by atoms with Crippen LogP contribution in [0.5, 0.6) is 5.75 Å². The fraction of sp³-hybridized carbons (Fsp3) is 0.0714. The SMILES string of the molecule is Cc1ccc(S(=O)(=O)Oc2ccc3ccccc3c2/C=C2\SC(=O)N(Cc3ccc(F)cc3)C2=O)cc1. The van der Waals surface area contributed by atoms with E-state index in [1.165, 1.54) is 48.5 Å². The Morgan fingerprint density at radius 2 is 1.62 bits per heavy atom. The second-order valence-corrected chi connectivity index (χ2v) is 11.0. The molecule has 9 heteroatoms. The van der Waals surface area contributed by atoms with Crippen LogP contribution < -0.4 is 4.18 Å². The minimum absolute atomic E-state index is 0.00293. The van der Waals surface area contributed by atoms with Gasteiger partial charge in [0.05, 0.1) is 11.4 Å². The molecular formula is C28H20FNO5S2. The summed E-state index contributed by atoms with van der Waals surface area (Å²) < 4.78 is 44.9. The lowest BCUT2D eigenvalue weighted by Crippen LogP contribution is -2.27. The Kier molecular flexibility index (Phi) is 6.57. The fourth-order valence-corrected chi connectivity index (χ4v) is 5.68. The molecule has 4 aromatic rings. The van der Waals surface area contributed by atoms with Crippen molar-refractivity contribution in [1.29, 1.82) is 0 Å². The number of aryl methyl sites for hydroxylation is 1. The van der Waals surface area contributed by atoms with Crippen molar-refractivity contribution in [3.8, 4) is 5.75 Å². The maximum atomic E-state index is 13.3. The number of rotatable bonds is 6. The van der Waals surface area contributed by atoms with Gasteiger partial charge in [-0.15, -0.1) is 0 Å². The quantitative estimate of drug-likeness (QED) is 0.214. The van der Waals surface area contributed by atoms with Crippen LogP contribution in [0.15, 0.2) is 94.7 Å². The highest BCUT2D eigenvalue weighted by atomic mass is 32.2. The Morgan fingerprint density at radius 3 is 2.35 bits per heavy atom. The molecule has 6 nitrogen and oxygen atoms in total. The molecule has 186 valence electrons. The van der Waals surface area contributed by atoms with E-state index >= 15 is 0 Å². The second-order valence-electron chi connectivity index (χ2n) is 8.44. The van der Waals surface area contributed by atoms with Gasteiger partial charge in [0.2, 0.25) is 0 Å². The number of nitrogens with zero attached hydrogens (tertiary/aromatic N) is 1. The van der Waals surface area contributed by atoms with Crippen molar-refractivity contribution in [3.05, 3.63) is 112 Å². The van der Waals surface area contributed by atoms with Crippen molar-refractivity contribution >= 4 is 49.9 Å². The average Bonchev–Trinajstić information content (AvgIpc) is 3.14. The lowest BCUT2D eigenvalue weighted by Gasteiger charge is -2.13. The maximum Gasteiger partial charge on any atom is 0.339 e. The van der Waals surface area contributed by atoms with Crippen LogP contribution in [0.3, 0.4) is 0 Å². The smallest absolute Gasteiger partial charge is 0.339 e. The highest BCUT2D eigenvalue weighted by Gasteiger charge is 2.35. The number of carbonyl (C=O) groups is 2. The molecule has 1 saturated heterocycles. The van der Waals surface area contributed by atoms with Crippen molar-refractivity contribution in [2.45, 2.75) is 18.4 Å². The van der Waals surface area contributed by atoms with E-state index in [0.717, 1.165) is 27.6 Å². The molecule has 0 atom stereocenters. The molecule has 0 N–H and O–H groups in total. The first-order valence-corrected chi connectivity index (χ1v) is 13.5. The summed E-state index contributed by atoms with van der Waals surface area (Å²) in [5.74, 6) is -0.911. The molecule has 1 heterocycles. The standard InChI is InChI=1S/C28H20FNO5S2/c1-18-6-13-22(14-7-18)37(33,34)35-25-15-10-20-4-2-3-5-23(20)24(25)16-26-27(31)30(28(32)36-26)17-19-8-11-21(29)12-9-19/h2-16H,17H2,1H3/b26-16-. The molecular weight excluding hydrogens is 513 g/mol. The highest BCUT2D eigenvalue weighted by molar-refractivity contribution is 8.18. The van der Waals surface area contributed by atoms with Gasteiger partial charge in [-0.2, -0.15) is 8.42 Å². The number of thioether (sulfide) groups is 1. The van der Waals surface area contributed by atoms with Crippen LogP contribution in [0, 0.1) is 12.7 Å². The summed E-state index contributed by atoms with van der Waals surface area (Å²) in [7, 11) is -4.16. The maximum absolute atomic E-state index is 13.3. The number of benzene rings is 4. The Morgan fingerprint density at radius 1 is 0.919 bits per heavy atom. The van der Waals surface area contributed by atoms with Crippen LogP contribution >= 0.6 is 11.8 Å². The fourth-order valence-electron chi connectivity index (χ4n) is 3.91. The molecule has 4 aromatic carbocycles. The van der Waals surface area contributed by atoms with Gasteiger partial charge in [0, 0.05) is 5.56 Å². The number of amides is 2. The molecule has 0 radical (unpaired) electrons. The van der Waals surface area contributed by atoms with Gasteiger partial charge in [-0.05, 0) is 71.4 Å². The predicted octanol–water partition coefficient (Wildman–Crippen LogP) is 6.29. The van der Waals surface area contributed by atoms with Gasteiger partial charge in [0.25, 0.3) is 11.1 Å². The third-order valence-corrected chi connectivity index (χ3v) is 8.00. The summed E-state index contributed by atoms with van der Waals surface area (Å²) in [5.41, 5.74) is 1.87. The lowest BCUT2D eigenvalue weighted by molar-refractivity contribution is -0.123. The van der Waals surface area contributed by atoms with Gasteiger partial charge >= 0.3 is 10.1 Å². The molecule has 1 fully saturated rings. The molecule has 1 aliphatic rings. The van der Waals surface area contributed by atoms with E-state index in [1.807, 2.05) is 19.1 Å². The van der Waals surface area contributed by atoms with Crippen molar-refractivity contribution in [1.82, 2.24) is 4.90 Å². The first-order chi connectivity index (χ1) is 17.7. The molecule has 37 heavy (non-hydrogen) atoms. The van der Waals surface area contributed by atoms with E-state index in [9.17, 15) is 22.4 Å². The van der Waals surface area contributed by atoms with Crippen LogP contribution in [0.4, 0.5) is 9.18 Å². The van der Waals surface area contributed by atoms with E-state index in [0.29, 0.717) is 16.5 Å². The number of hydrogen-bond acceptors (Lipinski definition) is 6. The van der Waals surface area contributed by atoms with Crippen molar-refractivity contribution in [2.75, 3.05) is 0 Å². The average molecular weight is 534 g/mol. The van der Waals surface area contributed by atoms with Crippen LogP contribution in [0.1, 0.15) is 16.7 Å². The lowest BCUT2D eigenvalue weighted by atomic mass is 10.0. The van der Waals surface area contributed by atoms with Crippen molar-refractivity contribution < 1.29 is 26.6 Å². The Bertz CT molecular complexity index is 1660. The molecule has 0 saturated carbocycles. The van der Waals surface area contributed by atoms with Crippen molar-refractivity contribution in [3.63, 3.8) is 0 Å². The number of fused-ring (bicyclic) bond motifs is 1. The van der Waals surface area contributed by atoms with Gasteiger partial charge in [-0.3, -0.25) is 14.5 Å². The van der Waals surface area contributed by atoms with Crippen LogP contribution in [-0.2, 0) is 21.5 Å². The Labute approximate surface area is 217 Å². The third-order valence-electron chi connectivity index (χ3n) is 5.84. The zero-order valence-electron chi connectivity index (χ0n) is 19.6. The zero-order chi connectivity index (χ0) is 26.2. The largest absolute Gasteiger partial charge is 0.378 e. The molecule has 0 bridgehead atoms. The van der Waals surface area contributed by atoms with Gasteiger partial charge in [0.15, 0.2) is 5.75 Å². The van der Waals surface area contributed by atoms with E-state index in [4.69, 9.17) is 4.18 Å². The van der Waals surface area contributed by atoms with Crippen LogP contribution in [0.25, 0.3) is 16.8 Å². The molecule has 0 unspecified atom stereocenters. The normalized spacial score (nSPS) is 15.1. The number of carbonyl (C=O) groups excluding carboxylic acids is 2. The monoisotopic (exact) mass is 533 g/mol. The summed E-state index contributed by atoms with van der Waals surface area (Å²) in [4.78, 5) is 27.0. The minimum Gasteiger partial charge on any atom is -0.378 e. The summed E-state index contributed by atoms with van der Waals surface area (Å²) in [5, 5.41) is 0.986. The van der Waals surface area contributed by atoms with Gasteiger partial charge in [-0.25, -0.2) is 4.39 Å². The first-order valence-electron chi connectivity index (χ1n) is 11.2. The van der Waals surface area contributed by atoms with E-state index in [1.54, 1.807) is 30.3 Å². The predicted molar refractivity (Wildman–Crippen MR) is 141 cm³/mol. The van der Waals surface area contributed by atoms with E-state index in [-0.39, 0.29) is 22.1 Å². The van der Waals surface area contributed by atoms with Gasteiger partial charge in [0.1, 0.15) is 10.7 Å². The minimum atomic E-state index is -4.16. The summed E-state index contributed by atoms with van der Waals surface area (Å²) >= 11 is 0.752. The topological polar surface area (TPSA) is 80.8 Å². The van der Waals surface area contributed by atoms with Crippen molar-refractivity contribution in [2.24, 2.45) is 0 Å². The molecule has 0 aromatic heterocycles. The zero-order valence-corrected chi connectivity index (χ0v) is 21.2. The molecule has 2 amide bonds. The van der Waals surface area contributed by atoms with Gasteiger partial charge in [-0.1, -0.05) is 60.2 Å². The summed E-state index contributed by atoms with van der Waals surface area (Å²) in [6, 6.07) is 22.4. The number of halogens is 1. The number of hydrogen-bond donors (Lipinski definition) is 0. The Balaban J connectivity index is 1.53. The third kappa shape index (κ3) is 5.14. The summed E-state index contributed by atoms with van der Waals surface area (Å²) in [6.07, 6.45) is 1.48. The van der Waals surface area contributed by atoms with Gasteiger partial charge < -0.3 is 4.18 Å². The molecule has 1 aliphatic heterocycles. The second kappa shape index (κ2) is 9.84. The van der Waals surface area contributed by atoms with E-state index in [2.05, 4.69) is 0 Å². The van der Waals surface area contributed by atoms with Crippen LogP contribution in [-0.4, -0.2) is 24.5 Å². The summed E-state index contributed by atoms with van der Waals surface area (Å²) in [6.45, 7) is 1.84. The highest BCUT2D eigenvalue weighted by Crippen LogP contribution is 2.38. The van der Waals surface area contributed by atoms with Crippen LogP contribution in [0.2, 0.25) is 0 Å².